The average Bonchev–Trinajstić information content (AvgIpc) is 2.30. The van der Waals surface area contributed by atoms with Gasteiger partial charge in [0.1, 0.15) is 5.82 Å². The Morgan fingerprint density at radius 3 is 2.33 bits per heavy atom. The number of benzene rings is 2. The Kier molecular flexibility index (Phi) is 2.79. The minimum atomic E-state index is -0.214. The first kappa shape index (κ1) is 9.87. The third-order valence-electron chi connectivity index (χ3n) is 2.34. The SMILES string of the molecule is NCc1cccc(-c2ccc(F)cc2)c1. The Morgan fingerprint density at radius 1 is 0.933 bits per heavy atom. The molecular weight excluding hydrogens is 189 g/mol. The van der Waals surface area contributed by atoms with Crippen LogP contribution in [0.5, 0.6) is 0 Å². The summed E-state index contributed by atoms with van der Waals surface area (Å²) in [5.41, 5.74) is 8.72. The second-order valence-electron chi connectivity index (χ2n) is 3.41. The van der Waals surface area contributed by atoms with Crippen LogP contribution in [0.1, 0.15) is 5.56 Å². The van der Waals surface area contributed by atoms with Gasteiger partial charge in [-0.3, -0.25) is 0 Å². The standard InChI is InChI=1S/C13H12FN/c14-13-6-4-11(5-7-13)12-3-1-2-10(8-12)9-15/h1-8H,9,15H2. The second kappa shape index (κ2) is 4.24. The largest absolute Gasteiger partial charge is 0.326 e. The van der Waals surface area contributed by atoms with Gasteiger partial charge in [-0.25, -0.2) is 4.39 Å². The molecule has 0 radical (unpaired) electrons. The highest BCUT2D eigenvalue weighted by Crippen LogP contribution is 2.20. The second-order valence-corrected chi connectivity index (χ2v) is 3.41. The van der Waals surface area contributed by atoms with Crippen molar-refractivity contribution in [2.45, 2.75) is 6.54 Å². The molecule has 0 atom stereocenters. The highest BCUT2D eigenvalue weighted by molar-refractivity contribution is 5.63. The highest BCUT2D eigenvalue weighted by Gasteiger charge is 1.98. The summed E-state index contributed by atoms with van der Waals surface area (Å²) in [4.78, 5) is 0. The van der Waals surface area contributed by atoms with Crippen molar-refractivity contribution in [3.05, 3.63) is 59.9 Å². The highest BCUT2D eigenvalue weighted by atomic mass is 19.1. The molecule has 0 spiro atoms. The number of hydrogen-bond donors (Lipinski definition) is 1. The van der Waals surface area contributed by atoms with Crippen molar-refractivity contribution in [1.29, 1.82) is 0 Å². The van der Waals surface area contributed by atoms with Crippen molar-refractivity contribution in [2.75, 3.05) is 0 Å². The molecule has 15 heavy (non-hydrogen) atoms. The van der Waals surface area contributed by atoms with Crippen molar-refractivity contribution >= 4 is 0 Å². The molecule has 2 heteroatoms. The lowest BCUT2D eigenvalue weighted by molar-refractivity contribution is 0.628. The van der Waals surface area contributed by atoms with E-state index in [2.05, 4.69) is 0 Å². The van der Waals surface area contributed by atoms with Crippen molar-refractivity contribution < 1.29 is 4.39 Å². The summed E-state index contributed by atoms with van der Waals surface area (Å²) in [7, 11) is 0. The molecule has 0 bridgehead atoms. The molecule has 0 saturated carbocycles. The zero-order valence-electron chi connectivity index (χ0n) is 8.28. The molecule has 0 heterocycles. The molecule has 0 amide bonds. The first-order valence-electron chi connectivity index (χ1n) is 4.84. The predicted octanol–water partition coefficient (Wildman–Crippen LogP) is 2.95. The van der Waals surface area contributed by atoms with Gasteiger partial charge < -0.3 is 5.73 Å². The fourth-order valence-electron chi connectivity index (χ4n) is 1.52. The first-order valence-corrected chi connectivity index (χ1v) is 4.84. The maximum Gasteiger partial charge on any atom is 0.123 e. The molecule has 0 aliphatic heterocycles. The van der Waals surface area contributed by atoms with E-state index in [1.54, 1.807) is 12.1 Å². The Labute approximate surface area is 88.4 Å². The first-order chi connectivity index (χ1) is 7.29. The smallest absolute Gasteiger partial charge is 0.123 e. The molecule has 0 aromatic heterocycles. The van der Waals surface area contributed by atoms with Crippen LogP contribution in [0, 0.1) is 5.82 Å². The minimum absolute atomic E-state index is 0.214. The molecule has 0 unspecified atom stereocenters. The van der Waals surface area contributed by atoms with E-state index in [0.717, 1.165) is 16.7 Å². The maximum absolute atomic E-state index is 12.7. The molecular formula is C13H12FN. The van der Waals surface area contributed by atoms with E-state index in [4.69, 9.17) is 5.73 Å². The van der Waals surface area contributed by atoms with Crippen LogP contribution in [0.25, 0.3) is 11.1 Å². The van der Waals surface area contributed by atoms with E-state index in [1.165, 1.54) is 12.1 Å². The van der Waals surface area contributed by atoms with E-state index in [1.807, 2.05) is 24.3 Å². The van der Waals surface area contributed by atoms with Crippen LogP contribution in [0.3, 0.4) is 0 Å². The zero-order chi connectivity index (χ0) is 10.7. The van der Waals surface area contributed by atoms with Crippen LogP contribution in [0.15, 0.2) is 48.5 Å². The number of rotatable bonds is 2. The van der Waals surface area contributed by atoms with Gasteiger partial charge in [-0.05, 0) is 34.9 Å². The summed E-state index contributed by atoms with van der Waals surface area (Å²) in [6.45, 7) is 0.523. The van der Waals surface area contributed by atoms with Gasteiger partial charge in [0.05, 0.1) is 0 Å². The van der Waals surface area contributed by atoms with Crippen LogP contribution < -0.4 is 5.73 Å². The van der Waals surface area contributed by atoms with Gasteiger partial charge in [-0.15, -0.1) is 0 Å². The minimum Gasteiger partial charge on any atom is -0.326 e. The number of hydrogen-bond acceptors (Lipinski definition) is 1. The lowest BCUT2D eigenvalue weighted by Crippen LogP contribution is -1.95. The van der Waals surface area contributed by atoms with Gasteiger partial charge in [-0.1, -0.05) is 30.3 Å². The molecule has 0 saturated heterocycles. The predicted molar refractivity (Wildman–Crippen MR) is 59.7 cm³/mol. The summed E-state index contributed by atoms with van der Waals surface area (Å²) >= 11 is 0. The molecule has 1 nitrogen and oxygen atoms in total. The molecule has 0 fully saturated rings. The molecule has 0 aliphatic carbocycles. The van der Waals surface area contributed by atoms with Gasteiger partial charge in [0.15, 0.2) is 0 Å². The lowest BCUT2D eigenvalue weighted by Gasteiger charge is -2.03. The average molecular weight is 201 g/mol. The third-order valence-corrected chi connectivity index (χ3v) is 2.34. The Bertz CT molecular complexity index is 448. The van der Waals surface area contributed by atoms with E-state index in [9.17, 15) is 4.39 Å². The van der Waals surface area contributed by atoms with E-state index < -0.39 is 0 Å². The number of nitrogens with two attached hydrogens (primary N) is 1. The van der Waals surface area contributed by atoms with Crippen LogP contribution in [-0.2, 0) is 6.54 Å². The van der Waals surface area contributed by atoms with Gasteiger partial charge in [0.2, 0.25) is 0 Å². The normalized spacial score (nSPS) is 10.3. The van der Waals surface area contributed by atoms with Crippen LogP contribution in [0.2, 0.25) is 0 Å². The Balaban J connectivity index is 2.40. The van der Waals surface area contributed by atoms with Gasteiger partial charge in [-0.2, -0.15) is 0 Å². The van der Waals surface area contributed by atoms with Crippen molar-refractivity contribution in [1.82, 2.24) is 0 Å². The fourth-order valence-corrected chi connectivity index (χ4v) is 1.52. The van der Waals surface area contributed by atoms with Crippen LogP contribution >= 0.6 is 0 Å². The fraction of sp³-hybridized carbons (Fsp3) is 0.0769. The van der Waals surface area contributed by atoms with Crippen molar-refractivity contribution in [3.63, 3.8) is 0 Å². The molecule has 2 aromatic carbocycles. The number of halogens is 1. The summed E-state index contributed by atoms with van der Waals surface area (Å²) in [6, 6.07) is 14.4. The van der Waals surface area contributed by atoms with Crippen molar-refractivity contribution in [3.8, 4) is 11.1 Å². The molecule has 76 valence electrons. The van der Waals surface area contributed by atoms with Gasteiger partial charge >= 0.3 is 0 Å². The molecule has 2 rings (SSSR count). The summed E-state index contributed by atoms with van der Waals surface area (Å²) in [5, 5.41) is 0. The van der Waals surface area contributed by atoms with E-state index >= 15 is 0 Å². The summed E-state index contributed by atoms with van der Waals surface area (Å²) in [6.07, 6.45) is 0. The van der Waals surface area contributed by atoms with E-state index in [-0.39, 0.29) is 5.82 Å². The maximum atomic E-state index is 12.7. The van der Waals surface area contributed by atoms with Gasteiger partial charge in [0.25, 0.3) is 0 Å². The Morgan fingerprint density at radius 2 is 1.67 bits per heavy atom. The summed E-state index contributed by atoms with van der Waals surface area (Å²) in [5.74, 6) is -0.214. The molecule has 2 aromatic rings. The van der Waals surface area contributed by atoms with Crippen LogP contribution in [-0.4, -0.2) is 0 Å². The van der Waals surface area contributed by atoms with Crippen LogP contribution in [0.4, 0.5) is 4.39 Å². The topological polar surface area (TPSA) is 26.0 Å². The summed E-state index contributed by atoms with van der Waals surface area (Å²) < 4.78 is 12.7. The third kappa shape index (κ3) is 2.22. The molecule has 2 N–H and O–H groups in total. The monoisotopic (exact) mass is 201 g/mol. The lowest BCUT2D eigenvalue weighted by atomic mass is 10.0. The Hall–Kier alpha value is -1.67. The molecule has 0 aliphatic rings. The van der Waals surface area contributed by atoms with E-state index in [0.29, 0.717) is 6.54 Å². The van der Waals surface area contributed by atoms with Crippen molar-refractivity contribution in [2.24, 2.45) is 5.73 Å². The quantitative estimate of drug-likeness (QED) is 0.794. The van der Waals surface area contributed by atoms with Gasteiger partial charge in [0, 0.05) is 6.54 Å². The zero-order valence-corrected chi connectivity index (χ0v) is 8.28.